The summed E-state index contributed by atoms with van der Waals surface area (Å²) in [6.45, 7) is 13.5. The molecule has 19 heavy (non-hydrogen) atoms. The zero-order chi connectivity index (χ0) is 14.8. The molecule has 0 radical (unpaired) electrons. The maximum Gasteiger partial charge on any atom is 0.222 e. The second-order valence-corrected chi connectivity index (χ2v) is 18.4. The van der Waals surface area contributed by atoms with Crippen molar-refractivity contribution in [3.63, 3.8) is 0 Å². The highest BCUT2D eigenvalue weighted by atomic mass is 28.3. The van der Waals surface area contributed by atoms with Crippen molar-refractivity contribution in [3.05, 3.63) is 11.8 Å². The molecule has 110 valence electrons. The third kappa shape index (κ3) is 5.63. The fourth-order valence-corrected chi connectivity index (χ4v) is 4.55. The molecule has 0 aromatic rings. The lowest BCUT2D eigenvalue weighted by molar-refractivity contribution is -0.129. The van der Waals surface area contributed by atoms with E-state index in [9.17, 15) is 9.90 Å². The van der Waals surface area contributed by atoms with Crippen LogP contribution in [0.5, 0.6) is 0 Å². The minimum absolute atomic E-state index is 0.00757. The van der Waals surface area contributed by atoms with E-state index >= 15 is 0 Å². The van der Waals surface area contributed by atoms with Crippen LogP contribution in [-0.2, 0) is 4.79 Å². The van der Waals surface area contributed by atoms with Crippen LogP contribution in [0.25, 0.3) is 0 Å². The number of aliphatic hydroxyl groups excluding tert-OH is 1. The van der Waals surface area contributed by atoms with Gasteiger partial charge in [0.05, 0.1) is 28.3 Å². The summed E-state index contributed by atoms with van der Waals surface area (Å²) in [6.07, 6.45) is 3.66. The first kappa shape index (κ1) is 16.7. The van der Waals surface area contributed by atoms with E-state index in [4.69, 9.17) is 0 Å². The van der Waals surface area contributed by atoms with E-state index in [1.54, 1.807) is 0 Å². The molecule has 0 spiro atoms. The lowest BCUT2D eigenvalue weighted by Gasteiger charge is -2.32. The molecule has 0 aliphatic carbocycles. The van der Waals surface area contributed by atoms with Crippen LogP contribution < -0.4 is 0 Å². The number of nitrogens with zero attached hydrogens (tertiary/aromatic N) is 1. The standard InChI is InChI=1S/C14H29NO2Si2/c1-18(2,3)10-9-13(16)12-7-8-14(17)15(12)11-19(4,5)6/h9-10,12-13,16H,7-8,11H2,1-6H3/b10-9+/t12-,13-/m0/s1. The number of rotatable bonds is 5. The van der Waals surface area contributed by atoms with Crippen LogP contribution in [0.4, 0.5) is 0 Å². The summed E-state index contributed by atoms with van der Waals surface area (Å²) in [5, 5.41) is 10.4. The molecule has 0 aromatic carbocycles. The minimum Gasteiger partial charge on any atom is -0.387 e. The Labute approximate surface area is 119 Å². The first-order valence-electron chi connectivity index (χ1n) is 7.16. The molecule has 0 aromatic heterocycles. The topological polar surface area (TPSA) is 40.5 Å². The van der Waals surface area contributed by atoms with E-state index in [1.807, 2.05) is 11.0 Å². The predicted molar refractivity (Wildman–Crippen MR) is 86.6 cm³/mol. The fourth-order valence-electron chi connectivity index (χ4n) is 2.34. The number of amides is 1. The van der Waals surface area contributed by atoms with Gasteiger partial charge in [-0.1, -0.05) is 51.1 Å². The highest BCUT2D eigenvalue weighted by molar-refractivity contribution is 6.81. The van der Waals surface area contributed by atoms with Gasteiger partial charge in [0, 0.05) is 12.6 Å². The van der Waals surface area contributed by atoms with Crippen molar-refractivity contribution in [1.29, 1.82) is 0 Å². The van der Waals surface area contributed by atoms with Crippen LogP contribution >= 0.6 is 0 Å². The van der Waals surface area contributed by atoms with Crippen LogP contribution in [0, 0.1) is 0 Å². The summed E-state index contributed by atoms with van der Waals surface area (Å²) in [5.74, 6) is 0.216. The Hall–Kier alpha value is -0.396. The van der Waals surface area contributed by atoms with Crippen molar-refractivity contribution in [2.24, 2.45) is 0 Å². The summed E-state index contributed by atoms with van der Waals surface area (Å²) in [7, 11) is -2.62. The molecule has 0 bridgehead atoms. The Morgan fingerprint density at radius 3 is 2.37 bits per heavy atom. The van der Waals surface area contributed by atoms with Gasteiger partial charge in [0.15, 0.2) is 0 Å². The van der Waals surface area contributed by atoms with E-state index < -0.39 is 22.3 Å². The van der Waals surface area contributed by atoms with Crippen molar-refractivity contribution in [2.45, 2.75) is 64.3 Å². The number of carbonyl (C=O) groups excluding carboxylic acids is 1. The van der Waals surface area contributed by atoms with E-state index in [1.165, 1.54) is 0 Å². The Morgan fingerprint density at radius 2 is 1.89 bits per heavy atom. The van der Waals surface area contributed by atoms with E-state index in [0.717, 1.165) is 12.6 Å². The van der Waals surface area contributed by atoms with Crippen LogP contribution in [0.15, 0.2) is 11.8 Å². The normalized spacial score (nSPS) is 23.4. The average molecular weight is 300 g/mol. The van der Waals surface area contributed by atoms with Crippen LogP contribution in [0.3, 0.4) is 0 Å². The molecule has 3 nitrogen and oxygen atoms in total. The quantitative estimate of drug-likeness (QED) is 0.793. The summed E-state index contributed by atoms with van der Waals surface area (Å²) in [6, 6.07) is -0.00757. The smallest absolute Gasteiger partial charge is 0.222 e. The maximum absolute atomic E-state index is 12.0. The number of likely N-dealkylation sites (tertiary alicyclic amines) is 1. The van der Waals surface area contributed by atoms with Crippen molar-refractivity contribution >= 4 is 22.1 Å². The van der Waals surface area contributed by atoms with E-state index in [0.29, 0.717) is 6.42 Å². The molecule has 5 heteroatoms. The Kier molecular flexibility index (Phi) is 5.20. The number of carbonyl (C=O) groups is 1. The predicted octanol–water partition coefficient (Wildman–Crippen LogP) is 2.65. The summed E-state index contributed by atoms with van der Waals surface area (Å²) in [5.41, 5.74) is 2.17. The Morgan fingerprint density at radius 1 is 1.32 bits per heavy atom. The second-order valence-electron chi connectivity index (χ2n) is 7.90. The Bertz CT molecular complexity index is 355. The van der Waals surface area contributed by atoms with Gasteiger partial charge in [-0.3, -0.25) is 4.79 Å². The first-order chi connectivity index (χ1) is 8.49. The van der Waals surface area contributed by atoms with Crippen LogP contribution in [0.2, 0.25) is 39.3 Å². The monoisotopic (exact) mass is 299 g/mol. The lowest BCUT2D eigenvalue weighted by Crippen LogP contribution is -2.48. The van der Waals surface area contributed by atoms with Gasteiger partial charge < -0.3 is 10.0 Å². The molecule has 0 saturated carbocycles. The zero-order valence-corrected chi connectivity index (χ0v) is 15.2. The highest BCUT2D eigenvalue weighted by Gasteiger charge is 2.37. The number of aliphatic hydroxyl groups is 1. The van der Waals surface area contributed by atoms with Gasteiger partial charge in [0.25, 0.3) is 0 Å². The molecule has 1 fully saturated rings. The number of hydrogen-bond acceptors (Lipinski definition) is 2. The SMILES string of the molecule is C[Si](C)(C)/C=C/[C@H](O)[C@@H]1CCC(=O)N1C[Si](C)(C)C. The summed E-state index contributed by atoms with van der Waals surface area (Å²) >= 11 is 0. The first-order valence-corrected chi connectivity index (χ1v) is 14.4. The molecule has 2 atom stereocenters. The van der Waals surface area contributed by atoms with Gasteiger partial charge in [0.2, 0.25) is 5.91 Å². The average Bonchev–Trinajstić information content (AvgIpc) is 2.54. The highest BCUT2D eigenvalue weighted by Crippen LogP contribution is 2.24. The van der Waals surface area contributed by atoms with Gasteiger partial charge in [-0.05, 0) is 6.42 Å². The molecule has 1 N–H and O–H groups in total. The van der Waals surface area contributed by atoms with Crippen molar-refractivity contribution in [1.82, 2.24) is 4.90 Å². The van der Waals surface area contributed by atoms with Crippen molar-refractivity contribution in [2.75, 3.05) is 6.17 Å². The molecular formula is C14H29NO2Si2. The van der Waals surface area contributed by atoms with Crippen molar-refractivity contribution in [3.8, 4) is 0 Å². The third-order valence-electron chi connectivity index (χ3n) is 3.21. The third-order valence-corrected chi connectivity index (χ3v) is 5.69. The van der Waals surface area contributed by atoms with Gasteiger partial charge >= 0.3 is 0 Å². The van der Waals surface area contributed by atoms with E-state index in [2.05, 4.69) is 45.0 Å². The van der Waals surface area contributed by atoms with Gasteiger partial charge in [0.1, 0.15) is 0 Å². The van der Waals surface area contributed by atoms with Gasteiger partial charge in [-0.15, -0.1) is 0 Å². The Balaban J connectivity index is 2.75. The molecule has 1 rings (SSSR count). The van der Waals surface area contributed by atoms with E-state index in [-0.39, 0.29) is 11.9 Å². The molecule has 1 aliphatic heterocycles. The molecule has 1 heterocycles. The minimum atomic E-state index is -1.33. The zero-order valence-electron chi connectivity index (χ0n) is 13.2. The lowest BCUT2D eigenvalue weighted by atomic mass is 10.1. The molecule has 1 saturated heterocycles. The second kappa shape index (κ2) is 5.93. The molecular weight excluding hydrogens is 270 g/mol. The summed E-state index contributed by atoms with van der Waals surface area (Å²) < 4.78 is 0. The largest absolute Gasteiger partial charge is 0.387 e. The van der Waals surface area contributed by atoms with Crippen LogP contribution in [-0.4, -0.2) is 50.4 Å². The van der Waals surface area contributed by atoms with Gasteiger partial charge in [-0.2, -0.15) is 0 Å². The fraction of sp³-hybridized carbons (Fsp3) is 0.786. The number of hydrogen-bond donors (Lipinski definition) is 1. The van der Waals surface area contributed by atoms with Crippen molar-refractivity contribution < 1.29 is 9.90 Å². The molecule has 1 aliphatic rings. The summed E-state index contributed by atoms with van der Waals surface area (Å²) in [4.78, 5) is 13.9. The maximum atomic E-state index is 12.0. The van der Waals surface area contributed by atoms with Gasteiger partial charge in [-0.25, -0.2) is 0 Å². The van der Waals surface area contributed by atoms with Crippen LogP contribution in [0.1, 0.15) is 12.8 Å². The molecule has 1 amide bonds. The molecule has 0 unspecified atom stereocenters.